The monoisotopic (exact) mass is 519 g/mol. The van der Waals surface area contributed by atoms with Gasteiger partial charge in [-0.05, 0) is 61.9 Å². The highest BCUT2D eigenvalue weighted by molar-refractivity contribution is 6.27. The van der Waals surface area contributed by atoms with E-state index in [1.165, 1.54) is 11.6 Å². The fourth-order valence-electron chi connectivity index (χ4n) is 3.69. The Labute approximate surface area is 216 Å². The first kappa shape index (κ1) is 31.6. The van der Waals surface area contributed by atoms with Crippen molar-refractivity contribution in [3.05, 3.63) is 65.2 Å². The van der Waals surface area contributed by atoms with Crippen molar-refractivity contribution >= 4 is 17.9 Å². The maximum Gasteiger partial charge on any atom is 0.414 e. The third-order valence-electron chi connectivity index (χ3n) is 5.80. The number of phenols is 1. The van der Waals surface area contributed by atoms with Gasteiger partial charge in [0.2, 0.25) is 0 Å². The lowest BCUT2D eigenvalue weighted by Gasteiger charge is -2.15. The molecule has 2 aromatic carbocycles. The molecule has 0 radical (unpaired) electrons. The van der Waals surface area contributed by atoms with Crippen LogP contribution in [0.4, 0.5) is 0 Å². The Balaban J connectivity index is 0.00000102. The van der Waals surface area contributed by atoms with Gasteiger partial charge in [-0.1, -0.05) is 49.2 Å². The van der Waals surface area contributed by atoms with Gasteiger partial charge >= 0.3 is 17.9 Å². The van der Waals surface area contributed by atoms with Gasteiger partial charge < -0.3 is 36.0 Å². The first-order valence-electron chi connectivity index (χ1n) is 12.2. The van der Waals surface area contributed by atoms with Gasteiger partial charge in [0.05, 0.1) is 18.6 Å². The molecule has 7 N–H and O–H groups in total. The molecule has 0 amide bonds. The van der Waals surface area contributed by atoms with E-state index >= 15 is 0 Å². The SMILES string of the molecule is O=C(O)C(=O)O.O=C(O)C(CCCCNCC(O)c1ccc(O)c(CO)c1)CCCCc1ccccc1. The summed E-state index contributed by atoms with van der Waals surface area (Å²) in [6.45, 7) is 0.774. The largest absolute Gasteiger partial charge is 0.508 e. The Morgan fingerprint density at radius 3 is 2.03 bits per heavy atom. The molecule has 0 aliphatic carbocycles. The molecule has 2 aromatic rings. The molecule has 37 heavy (non-hydrogen) atoms. The predicted octanol–water partition coefficient (Wildman–Crippen LogP) is 2.95. The van der Waals surface area contributed by atoms with E-state index in [-0.39, 0.29) is 18.3 Å². The summed E-state index contributed by atoms with van der Waals surface area (Å²) in [5, 5.41) is 56.5. The Hall–Kier alpha value is -3.47. The number of hydrogen-bond acceptors (Lipinski definition) is 7. The summed E-state index contributed by atoms with van der Waals surface area (Å²) in [6.07, 6.45) is 5.22. The van der Waals surface area contributed by atoms with E-state index in [2.05, 4.69) is 17.4 Å². The van der Waals surface area contributed by atoms with Crippen molar-refractivity contribution in [2.45, 2.75) is 57.7 Å². The zero-order valence-corrected chi connectivity index (χ0v) is 20.8. The average Bonchev–Trinajstić information content (AvgIpc) is 2.88. The molecule has 2 rings (SSSR count). The van der Waals surface area contributed by atoms with E-state index in [9.17, 15) is 25.2 Å². The number of rotatable bonds is 15. The molecule has 2 unspecified atom stereocenters. The van der Waals surface area contributed by atoms with Crippen LogP contribution in [0.1, 0.15) is 61.3 Å². The summed E-state index contributed by atoms with van der Waals surface area (Å²) in [6, 6.07) is 15.0. The van der Waals surface area contributed by atoms with Gasteiger partial charge in [-0.2, -0.15) is 0 Å². The van der Waals surface area contributed by atoms with Crippen molar-refractivity contribution in [2.75, 3.05) is 13.1 Å². The Morgan fingerprint density at radius 1 is 0.838 bits per heavy atom. The highest BCUT2D eigenvalue weighted by atomic mass is 16.4. The third kappa shape index (κ3) is 13.4. The highest BCUT2D eigenvalue weighted by Crippen LogP contribution is 2.22. The normalized spacial score (nSPS) is 12.2. The minimum atomic E-state index is -1.82. The number of aryl methyl sites for hydroxylation is 1. The van der Waals surface area contributed by atoms with Gasteiger partial charge in [-0.15, -0.1) is 0 Å². The second-order valence-electron chi connectivity index (χ2n) is 8.64. The summed E-state index contributed by atoms with van der Waals surface area (Å²) >= 11 is 0. The zero-order valence-electron chi connectivity index (χ0n) is 20.8. The molecule has 0 saturated carbocycles. The number of nitrogens with one attached hydrogen (secondary N) is 1. The van der Waals surface area contributed by atoms with E-state index in [0.717, 1.165) is 32.1 Å². The maximum absolute atomic E-state index is 11.5. The Bertz CT molecular complexity index is 954. The number of aliphatic hydroxyl groups excluding tert-OH is 2. The van der Waals surface area contributed by atoms with Crippen molar-refractivity contribution in [3.8, 4) is 5.75 Å². The predicted molar refractivity (Wildman–Crippen MR) is 136 cm³/mol. The lowest BCUT2D eigenvalue weighted by atomic mass is 9.95. The van der Waals surface area contributed by atoms with E-state index in [1.807, 2.05) is 18.2 Å². The molecule has 0 heterocycles. The number of benzene rings is 2. The number of aromatic hydroxyl groups is 1. The third-order valence-corrected chi connectivity index (χ3v) is 5.80. The van der Waals surface area contributed by atoms with Crippen LogP contribution in [0.2, 0.25) is 0 Å². The van der Waals surface area contributed by atoms with Crippen LogP contribution in [-0.2, 0) is 27.4 Å². The second kappa shape index (κ2) is 17.9. The fraction of sp³-hybridized carbons (Fsp3) is 0.444. The zero-order chi connectivity index (χ0) is 27.6. The molecule has 10 heteroatoms. The number of aliphatic hydroxyl groups is 2. The van der Waals surface area contributed by atoms with E-state index in [4.69, 9.17) is 19.8 Å². The van der Waals surface area contributed by atoms with Crippen LogP contribution in [0, 0.1) is 5.92 Å². The van der Waals surface area contributed by atoms with E-state index in [1.54, 1.807) is 12.1 Å². The molecule has 0 aromatic heterocycles. The minimum Gasteiger partial charge on any atom is -0.508 e. The van der Waals surface area contributed by atoms with Gasteiger partial charge in [0.1, 0.15) is 5.75 Å². The molecule has 204 valence electrons. The molecule has 0 spiro atoms. The van der Waals surface area contributed by atoms with Crippen LogP contribution >= 0.6 is 0 Å². The van der Waals surface area contributed by atoms with Crippen LogP contribution in [0.25, 0.3) is 0 Å². The van der Waals surface area contributed by atoms with Gasteiger partial charge in [-0.3, -0.25) is 4.79 Å². The maximum atomic E-state index is 11.5. The summed E-state index contributed by atoms with van der Waals surface area (Å²) in [5.41, 5.74) is 2.32. The Morgan fingerprint density at radius 2 is 1.46 bits per heavy atom. The summed E-state index contributed by atoms with van der Waals surface area (Å²) in [5.74, 6) is -4.64. The van der Waals surface area contributed by atoms with Crippen molar-refractivity contribution in [1.82, 2.24) is 5.32 Å². The topological polar surface area (TPSA) is 185 Å². The van der Waals surface area contributed by atoms with Crippen molar-refractivity contribution in [2.24, 2.45) is 5.92 Å². The second-order valence-corrected chi connectivity index (χ2v) is 8.64. The minimum absolute atomic E-state index is 0.0134. The highest BCUT2D eigenvalue weighted by Gasteiger charge is 2.16. The Kier molecular flexibility index (Phi) is 15.3. The number of carboxylic acids is 3. The van der Waals surface area contributed by atoms with Crippen LogP contribution in [-0.4, -0.2) is 61.6 Å². The summed E-state index contributed by atoms with van der Waals surface area (Å²) in [7, 11) is 0. The average molecular weight is 520 g/mol. The van der Waals surface area contributed by atoms with Crippen molar-refractivity contribution in [3.63, 3.8) is 0 Å². The molecule has 0 aliphatic rings. The van der Waals surface area contributed by atoms with Crippen LogP contribution in [0.15, 0.2) is 48.5 Å². The molecule has 0 bridgehead atoms. The lowest BCUT2D eigenvalue weighted by Crippen LogP contribution is -2.23. The molecule has 2 atom stereocenters. The lowest BCUT2D eigenvalue weighted by molar-refractivity contribution is -0.159. The van der Waals surface area contributed by atoms with Crippen molar-refractivity contribution < 1.29 is 45.0 Å². The standard InChI is InChI=1S/C25H35NO5.C2H2O4/c27-18-22-16-21(13-14-23(22)28)24(29)17-26-15-7-6-12-20(25(30)31)11-5-4-10-19-8-2-1-3-9-19;3-1(4)2(5)6/h1-3,8-9,13-14,16,20,24,26-29H,4-7,10-12,15,17-18H2,(H,30,31);(H,3,4)(H,5,6). The molecular weight excluding hydrogens is 482 g/mol. The number of carboxylic acid groups (broad SMARTS) is 3. The molecule has 0 saturated heterocycles. The molecular formula is C27H37NO9. The summed E-state index contributed by atoms with van der Waals surface area (Å²) < 4.78 is 0. The van der Waals surface area contributed by atoms with E-state index in [0.29, 0.717) is 37.1 Å². The smallest absolute Gasteiger partial charge is 0.414 e. The van der Waals surface area contributed by atoms with E-state index < -0.39 is 24.0 Å². The van der Waals surface area contributed by atoms with Gasteiger partial charge in [0, 0.05) is 12.1 Å². The van der Waals surface area contributed by atoms with Crippen LogP contribution in [0.5, 0.6) is 5.75 Å². The number of unbranched alkanes of at least 4 members (excludes halogenated alkanes) is 2. The first-order valence-corrected chi connectivity index (χ1v) is 12.2. The number of hydrogen-bond donors (Lipinski definition) is 7. The van der Waals surface area contributed by atoms with Gasteiger partial charge in [0.25, 0.3) is 0 Å². The molecule has 10 nitrogen and oxygen atoms in total. The summed E-state index contributed by atoms with van der Waals surface area (Å²) in [4.78, 5) is 29.7. The number of aliphatic carboxylic acids is 3. The quantitative estimate of drug-likeness (QED) is 0.136. The van der Waals surface area contributed by atoms with Crippen molar-refractivity contribution in [1.29, 1.82) is 0 Å². The van der Waals surface area contributed by atoms with Gasteiger partial charge in [0.15, 0.2) is 0 Å². The van der Waals surface area contributed by atoms with Gasteiger partial charge in [-0.25, -0.2) is 9.59 Å². The van der Waals surface area contributed by atoms with Crippen LogP contribution < -0.4 is 5.32 Å². The molecule has 0 fully saturated rings. The fourth-order valence-corrected chi connectivity index (χ4v) is 3.69. The number of carbonyl (C=O) groups is 3. The van der Waals surface area contributed by atoms with Crippen LogP contribution in [0.3, 0.4) is 0 Å². The molecule has 0 aliphatic heterocycles. The first-order chi connectivity index (χ1) is 17.6.